The van der Waals surface area contributed by atoms with Crippen LogP contribution in [0.4, 0.5) is 5.69 Å². The lowest BCUT2D eigenvalue weighted by Crippen LogP contribution is -1.88. The van der Waals surface area contributed by atoms with Crippen LogP contribution in [0.1, 0.15) is 17.0 Å². The second kappa shape index (κ2) is 6.67. The van der Waals surface area contributed by atoms with Crippen LogP contribution in [0, 0.1) is 0 Å². The van der Waals surface area contributed by atoms with E-state index >= 15 is 0 Å². The fraction of sp³-hybridized carbons (Fsp3) is 0.105. The molecular formula is C19H18N2OS. The molecular weight excluding hydrogens is 304 g/mol. The van der Waals surface area contributed by atoms with E-state index in [1.807, 2.05) is 31.3 Å². The van der Waals surface area contributed by atoms with E-state index in [0.29, 0.717) is 0 Å². The van der Waals surface area contributed by atoms with Gasteiger partial charge in [-0.3, -0.25) is 0 Å². The fourth-order valence-electron chi connectivity index (χ4n) is 2.29. The van der Waals surface area contributed by atoms with Crippen molar-refractivity contribution in [2.24, 2.45) is 0 Å². The van der Waals surface area contributed by atoms with Crippen LogP contribution < -0.4 is 5.32 Å². The number of hydrogen-bond donors (Lipinski definition) is 2. The molecule has 0 aliphatic carbocycles. The molecule has 0 spiro atoms. The molecule has 0 amide bonds. The summed E-state index contributed by atoms with van der Waals surface area (Å²) in [6.07, 6.45) is 4.86. The molecule has 0 radical (unpaired) electrons. The average Bonchev–Trinajstić information content (AvgIpc) is 2.96. The minimum absolute atomic E-state index is 0.273. The van der Waals surface area contributed by atoms with Crippen molar-refractivity contribution in [2.75, 3.05) is 12.4 Å². The van der Waals surface area contributed by atoms with Gasteiger partial charge < -0.3 is 10.4 Å². The first-order chi connectivity index (χ1) is 11.2. The van der Waals surface area contributed by atoms with Crippen LogP contribution in [0.2, 0.25) is 0 Å². The first kappa shape index (κ1) is 15.3. The number of benzene rings is 2. The highest BCUT2D eigenvalue weighted by molar-refractivity contribution is 7.19. The number of nitrogens with one attached hydrogen (secondary N) is 1. The fourth-order valence-corrected chi connectivity index (χ4v) is 3.23. The summed E-state index contributed by atoms with van der Waals surface area (Å²) >= 11 is 1.57. The Morgan fingerprint density at radius 2 is 2.04 bits per heavy atom. The summed E-state index contributed by atoms with van der Waals surface area (Å²) in [4.78, 5) is 4.53. The molecule has 23 heavy (non-hydrogen) atoms. The molecule has 2 aromatic carbocycles. The molecule has 4 heteroatoms. The molecule has 116 valence electrons. The van der Waals surface area contributed by atoms with Crippen LogP contribution in [0.5, 0.6) is 5.75 Å². The number of allylic oxidation sites excluding steroid dienone is 2. The van der Waals surface area contributed by atoms with Crippen LogP contribution >= 0.6 is 11.3 Å². The topological polar surface area (TPSA) is 45.2 Å². The highest BCUT2D eigenvalue weighted by Crippen LogP contribution is 2.27. The number of aromatic nitrogens is 1. The summed E-state index contributed by atoms with van der Waals surface area (Å²) in [7, 11) is 1.91. The first-order valence-electron chi connectivity index (χ1n) is 7.38. The van der Waals surface area contributed by atoms with Gasteiger partial charge >= 0.3 is 0 Å². The van der Waals surface area contributed by atoms with Crippen molar-refractivity contribution in [3.05, 3.63) is 65.7 Å². The minimum atomic E-state index is 0.273. The Kier molecular flexibility index (Phi) is 4.44. The molecule has 0 bridgehead atoms. The van der Waals surface area contributed by atoms with Gasteiger partial charge in [-0.1, -0.05) is 24.8 Å². The molecule has 0 saturated carbocycles. The molecule has 0 aliphatic heterocycles. The summed E-state index contributed by atoms with van der Waals surface area (Å²) < 4.78 is 0.992. The molecule has 1 aromatic heterocycles. The van der Waals surface area contributed by atoms with Gasteiger partial charge in [0.2, 0.25) is 0 Å². The maximum absolute atomic E-state index is 9.50. The molecule has 0 fully saturated rings. The average molecular weight is 322 g/mol. The molecule has 3 rings (SSSR count). The number of hydrogen-bond acceptors (Lipinski definition) is 4. The second-order valence-electron chi connectivity index (χ2n) is 5.24. The molecule has 3 aromatic rings. The molecule has 0 unspecified atom stereocenters. The van der Waals surface area contributed by atoms with Crippen LogP contribution in [0.15, 0.2) is 55.1 Å². The monoisotopic (exact) mass is 322 g/mol. The van der Waals surface area contributed by atoms with Gasteiger partial charge in [0.05, 0.1) is 10.2 Å². The summed E-state index contributed by atoms with van der Waals surface area (Å²) in [5.74, 6) is 0.273. The normalized spacial score (nSPS) is 11.2. The molecule has 0 atom stereocenters. The number of thiazole rings is 1. The van der Waals surface area contributed by atoms with E-state index in [-0.39, 0.29) is 5.75 Å². The van der Waals surface area contributed by atoms with Gasteiger partial charge in [-0.15, -0.1) is 11.3 Å². The summed E-state index contributed by atoms with van der Waals surface area (Å²) in [6.45, 7) is 4.14. The Morgan fingerprint density at radius 1 is 1.26 bits per heavy atom. The van der Waals surface area contributed by atoms with Crippen molar-refractivity contribution in [1.82, 2.24) is 4.98 Å². The molecule has 0 aliphatic rings. The number of nitrogens with zero attached hydrogens (tertiary/aromatic N) is 1. The maximum atomic E-state index is 9.50. The molecule has 2 N–H and O–H groups in total. The third kappa shape index (κ3) is 3.60. The smallest absolute Gasteiger partial charge is 0.117 e. The minimum Gasteiger partial charge on any atom is -0.508 e. The highest BCUT2D eigenvalue weighted by Gasteiger charge is 2.02. The van der Waals surface area contributed by atoms with E-state index in [2.05, 4.69) is 35.1 Å². The van der Waals surface area contributed by atoms with Crippen LogP contribution in [-0.4, -0.2) is 17.1 Å². The molecule has 1 heterocycles. The van der Waals surface area contributed by atoms with Gasteiger partial charge in [0.1, 0.15) is 10.8 Å². The van der Waals surface area contributed by atoms with Gasteiger partial charge in [-0.2, -0.15) is 0 Å². The standard InChI is InChI=1S/C19H18N2OS/c1-13(14-6-8-15(20-2)9-7-14)4-3-5-19-21-17-11-10-16(22)12-18(17)23-19/h3,5-12,20,22H,1,4H2,2H3/b5-3+. The van der Waals surface area contributed by atoms with E-state index in [1.54, 1.807) is 23.5 Å². The lowest BCUT2D eigenvalue weighted by atomic mass is 10.0. The number of rotatable bonds is 5. The molecule has 0 saturated heterocycles. The SMILES string of the molecule is C=C(C/C=C/c1nc2ccc(O)cc2s1)c1ccc(NC)cc1. The predicted molar refractivity (Wildman–Crippen MR) is 100.0 cm³/mol. The van der Waals surface area contributed by atoms with E-state index in [0.717, 1.165) is 38.5 Å². The summed E-state index contributed by atoms with van der Waals surface area (Å²) in [5, 5.41) is 13.5. The Balaban J connectivity index is 1.68. The van der Waals surface area contributed by atoms with Gasteiger partial charge in [0, 0.05) is 12.7 Å². The van der Waals surface area contributed by atoms with Crippen molar-refractivity contribution in [1.29, 1.82) is 0 Å². The lowest BCUT2D eigenvalue weighted by Gasteiger charge is -2.04. The van der Waals surface area contributed by atoms with Crippen LogP contribution in [0.25, 0.3) is 21.9 Å². The summed E-state index contributed by atoms with van der Waals surface area (Å²) in [5.41, 5.74) is 4.22. The largest absolute Gasteiger partial charge is 0.508 e. The first-order valence-corrected chi connectivity index (χ1v) is 8.19. The zero-order valence-electron chi connectivity index (χ0n) is 12.9. The number of anilines is 1. The van der Waals surface area contributed by atoms with E-state index < -0.39 is 0 Å². The van der Waals surface area contributed by atoms with Crippen molar-refractivity contribution in [3.8, 4) is 5.75 Å². The quantitative estimate of drug-likeness (QED) is 0.682. The number of fused-ring (bicyclic) bond motifs is 1. The van der Waals surface area contributed by atoms with Crippen molar-refractivity contribution >= 4 is 38.9 Å². The number of phenolic OH excluding ortho intramolecular Hbond substituents is 1. The Bertz CT molecular complexity index is 863. The number of aromatic hydroxyl groups is 1. The Hall–Kier alpha value is -2.59. The highest BCUT2D eigenvalue weighted by atomic mass is 32.1. The van der Waals surface area contributed by atoms with E-state index in [4.69, 9.17) is 0 Å². The molecule has 3 nitrogen and oxygen atoms in total. The second-order valence-corrected chi connectivity index (χ2v) is 6.30. The third-order valence-electron chi connectivity index (χ3n) is 3.60. The van der Waals surface area contributed by atoms with E-state index in [9.17, 15) is 5.11 Å². The Morgan fingerprint density at radius 3 is 2.78 bits per heavy atom. The van der Waals surface area contributed by atoms with Crippen LogP contribution in [-0.2, 0) is 0 Å². The Labute approximate surface area is 139 Å². The van der Waals surface area contributed by atoms with Gasteiger partial charge in [-0.05, 0) is 54.0 Å². The van der Waals surface area contributed by atoms with Crippen molar-refractivity contribution in [2.45, 2.75) is 6.42 Å². The number of phenols is 1. The summed E-state index contributed by atoms with van der Waals surface area (Å²) in [6, 6.07) is 13.5. The lowest BCUT2D eigenvalue weighted by molar-refractivity contribution is 0.476. The predicted octanol–water partition coefficient (Wildman–Crippen LogP) is 5.16. The van der Waals surface area contributed by atoms with E-state index in [1.165, 1.54) is 0 Å². The van der Waals surface area contributed by atoms with Gasteiger partial charge in [0.15, 0.2) is 0 Å². The third-order valence-corrected chi connectivity index (χ3v) is 4.58. The maximum Gasteiger partial charge on any atom is 0.117 e. The van der Waals surface area contributed by atoms with Crippen molar-refractivity contribution < 1.29 is 5.11 Å². The van der Waals surface area contributed by atoms with Gasteiger partial charge in [0.25, 0.3) is 0 Å². The van der Waals surface area contributed by atoms with Crippen LogP contribution in [0.3, 0.4) is 0 Å². The zero-order chi connectivity index (χ0) is 16.2. The van der Waals surface area contributed by atoms with Gasteiger partial charge in [-0.25, -0.2) is 4.98 Å². The van der Waals surface area contributed by atoms with Crippen molar-refractivity contribution in [3.63, 3.8) is 0 Å². The zero-order valence-corrected chi connectivity index (χ0v) is 13.7.